The second-order valence-corrected chi connectivity index (χ2v) is 9.79. The van der Waals surface area contributed by atoms with Crippen molar-refractivity contribution in [2.45, 2.75) is 50.5 Å². The number of oxime groups is 1. The first-order valence-corrected chi connectivity index (χ1v) is 13.1. The van der Waals surface area contributed by atoms with Gasteiger partial charge in [-0.05, 0) is 44.9 Å². The Labute approximate surface area is 193 Å². The number of anilines is 1. The molecule has 0 aliphatic carbocycles. The molecule has 1 atom stereocenters. The number of hydrogen-bond acceptors (Lipinski definition) is 6. The lowest BCUT2D eigenvalue weighted by atomic mass is 10.1. The first kappa shape index (κ1) is 24.6. The minimum Gasteiger partial charge on any atom is -0.392 e. The lowest BCUT2D eigenvalue weighted by molar-refractivity contribution is 0.0128. The molecule has 2 saturated heterocycles. The number of piperidine rings is 2. The second-order valence-electron chi connectivity index (χ2n) is 8.41. The Kier molecular flexibility index (Phi) is 9.04. The van der Waals surface area contributed by atoms with E-state index in [0.29, 0.717) is 36.1 Å². The quantitative estimate of drug-likeness (QED) is 0.362. The van der Waals surface area contributed by atoms with E-state index in [0.717, 1.165) is 57.6 Å². The van der Waals surface area contributed by atoms with Crippen molar-refractivity contribution in [3.63, 3.8) is 0 Å². The fourth-order valence-corrected chi connectivity index (χ4v) is 4.79. The lowest BCUT2D eigenvalue weighted by Gasteiger charge is -2.33. The minimum atomic E-state index is -1.18. The number of likely N-dealkylation sites (N-methyl/N-ethyl adjacent to an activating group) is 1. The third-order valence-corrected chi connectivity index (χ3v) is 7.23. The normalized spacial score (nSPS) is 19.0. The highest BCUT2D eigenvalue weighted by atomic mass is 32.2. The molecular formula is C23H36FN5O2S. The van der Waals surface area contributed by atoms with Gasteiger partial charge in [-0.25, -0.2) is 4.39 Å². The number of nitrogens with one attached hydrogen (secondary N) is 1. The molecule has 2 heterocycles. The lowest BCUT2D eigenvalue weighted by Crippen LogP contribution is -2.44. The highest BCUT2D eigenvalue weighted by molar-refractivity contribution is 7.84. The Bertz CT molecular complexity index is 828. The molecule has 0 radical (unpaired) electrons. The molecule has 9 heteroatoms. The van der Waals surface area contributed by atoms with Crippen molar-refractivity contribution in [2.75, 3.05) is 57.0 Å². The van der Waals surface area contributed by atoms with Crippen LogP contribution in [-0.4, -0.2) is 83.7 Å². The number of amidine groups is 1. The van der Waals surface area contributed by atoms with Crippen molar-refractivity contribution < 1.29 is 13.4 Å². The Morgan fingerprint density at radius 2 is 1.88 bits per heavy atom. The molecule has 1 N–H and O–H groups in total. The van der Waals surface area contributed by atoms with Gasteiger partial charge in [-0.15, -0.1) is 0 Å². The summed E-state index contributed by atoms with van der Waals surface area (Å²) in [7, 11) is -1.18. The molecule has 2 aliphatic heterocycles. The molecule has 3 rings (SSSR count). The third-order valence-electron chi connectivity index (χ3n) is 6.32. The van der Waals surface area contributed by atoms with Crippen LogP contribution in [0.3, 0.4) is 0 Å². The van der Waals surface area contributed by atoms with Gasteiger partial charge in [0, 0.05) is 74.1 Å². The summed E-state index contributed by atoms with van der Waals surface area (Å²) in [4.78, 5) is 12.8. The number of rotatable bonds is 8. The maximum absolute atomic E-state index is 14.4. The van der Waals surface area contributed by atoms with Gasteiger partial charge >= 0.3 is 0 Å². The molecule has 0 amide bonds. The van der Waals surface area contributed by atoms with Crippen LogP contribution >= 0.6 is 0 Å². The zero-order chi connectivity index (χ0) is 23.1. The maximum atomic E-state index is 14.4. The number of nitrogens with zero attached hydrogens (tertiary/aromatic N) is 4. The highest BCUT2D eigenvalue weighted by Gasteiger charge is 2.23. The molecule has 2 aliphatic rings. The zero-order valence-corrected chi connectivity index (χ0v) is 20.3. The van der Waals surface area contributed by atoms with Crippen molar-refractivity contribution in [2.24, 2.45) is 5.16 Å². The molecule has 0 saturated carbocycles. The number of hydrogen-bond donors (Lipinski definition) is 1. The predicted molar refractivity (Wildman–Crippen MR) is 129 cm³/mol. The molecule has 32 heavy (non-hydrogen) atoms. The van der Waals surface area contributed by atoms with Crippen LogP contribution in [0.2, 0.25) is 0 Å². The van der Waals surface area contributed by atoms with Crippen molar-refractivity contribution in [1.29, 1.82) is 5.41 Å². The van der Waals surface area contributed by atoms with Crippen LogP contribution in [0.5, 0.6) is 0 Å². The van der Waals surface area contributed by atoms with Gasteiger partial charge < -0.3 is 14.6 Å². The van der Waals surface area contributed by atoms with Crippen LogP contribution < -0.4 is 4.90 Å². The Hall–Kier alpha value is -2.00. The molecule has 1 aromatic carbocycles. The second kappa shape index (κ2) is 11.7. The average Bonchev–Trinajstić information content (AvgIpc) is 2.80. The van der Waals surface area contributed by atoms with Crippen molar-refractivity contribution in [3.8, 4) is 0 Å². The van der Waals surface area contributed by atoms with Gasteiger partial charge in [-0.2, -0.15) is 0 Å². The van der Waals surface area contributed by atoms with E-state index in [-0.39, 0.29) is 11.9 Å². The first-order chi connectivity index (χ1) is 15.4. The Morgan fingerprint density at radius 1 is 1.22 bits per heavy atom. The third kappa shape index (κ3) is 6.51. The molecule has 0 bridgehead atoms. The van der Waals surface area contributed by atoms with Crippen LogP contribution in [0, 0.1) is 11.2 Å². The predicted octanol–water partition coefficient (Wildman–Crippen LogP) is 3.32. The van der Waals surface area contributed by atoms with E-state index in [2.05, 4.69) is 28.8 Å². The van der Waals surface area contributed by atoms with E-state index in [9.17, 15) is 8.60 Å². The SMILES string of the molecule is CCN(CC)C(=N)CN1CCC(ON=C2CCN(c3ccc(S(C)=O)cc3F)CC2)CC1. The van der Waals surface area contributed by atoms with E-state index in [1.54, 1.807) is 18.4 Å². The summed E-state index contributed by atoms with van der Waals surface area (Å²) >= 11 is 0. The highest BCUT2D eigenvalue weighted by Crippen LogP contribution is 2.25. The van der Waals surface area contributed by atoms with Gasteiger partial charge in [0.05, 0.1) is 17.9 Å². The van der Waals surface area contributed by atoms with Crippen molar-refractivity contribution in [3.05, 3.63) is 24.0 Å². The maximum Gasteiger partial charge on any atom is 0.147 e. The van der Waals surface area contributed by atoms with E-state index >= 15 is 0 Å². The van der Waals surface area contributed by atoms with Crippen molar-refractivity contribution in [1.82, 2.24) is 9.80 Å². The largest absolute Gasteiger partial charge is 0.392 e. The van der Waals surface area contributed by atoms with Gasteiger partial charge in [-0.1, -0.05) is 5.16 Å². The first-order valence-electron chi connectivity index (χ1n) is 11.6. The van der Waals surface area contributed by atoms with E-state index < -0.39 is 10.8 Å². The molecule has 2 fully saturated rings. The fraction of sp³-hybridized carbons (Fsp3) is 0.652. The van der Waals surface area contributed by atoms with Gasteiger partial charge in [0.2, 0.25) is 0 Å². The number of likely N-dealkylation sites (tertiary alicyclic amines) is 1. The monoisotopic (exact) mass is 465 g/mol. The van der Waals surface area contributed by atoms with Gasteiger partial charge in [0.15, 0.2) is 0 Å². The topological polar surface area (TPSA) is 72.2 Å². The fourth-order valence-electron chi connectivity index (χ4n) is 4.26. The molecule has 0 aromatic heterocycles. The van der Waals surface area contributed by atoms with Gasteiger partial charge in [-0.3, -0.25) is 14.5 Å². The summed E-state index contributed by atoms with van der Waals surface area (Å²) < 4.78 is 26.0. The smallest absolute Gasteiger partial charge is 0.147 e. The molecule has 178 valence electrons. The van der Waals surface area contributed by atoms with Crippen LogP contribution in [-0.2, 0) is 15.6 Å². The minimum absolute atomic E-state index is 0.124. The standard InChI is InChI=1S/C23H36FN5O2S/c1-4-28(5-2)23(25)17-27-12-10-19(11-13-27)31-26-18-8-14-29(15-9-18)22-7-6-20(32(3)30)16-21(22)24/h6-7,16,19,25H,4-5,8-15,17H2,1-3H3. The van der Waals surface area contributed by atoms with Crippen LogP contribution in [0.15, 0.2) is 28.3 Å². The van der Waals surface area contributed by atoms with Crippen molar-refractivity contribution >= 4 is 28.0 Å². The molecule has 7 nitrogen and oxygen atoms in total. The molecule has 1 aromatic rings. The van der Waals surface area contributed by atoms with E-state index in [1.165, 1.54) is 6.07 Å². The molecular weight excluding hydrogens is 429 g/mol. The van der Waals surface area contributed by atoms with E-state index in [1.807, 2.05) is 4.90 Å². The summed E-state index contributed by atoms with van der Waals surface area (Å²) in [5.41, 5.74) is 1.58. The summed E-state index contributed by atoms with van der Waals surface area (Å²) in [5, 5.41) is 12.7. The Balaban J connectivity index is 1.42. The average molecular weight is 466 g/mol. The summed E-state index contributed by atoms with van der Waals surface area (Å²) in [6.07, 6.45) is 5.02. The number of benzene rings is 1. The summed E-state index contributed by atoms with van der Waals surface area (Å²) in [5.74, 6) is 0.366. The van der Waals surface area contributed by atoms with Gasteiger partial charge in [0.25, 0.3) is 0 Å². The van der Waals surface area contributed by atoms with E-state index in [4.69, 9.17) is 10.2 Å². The Morgan fingerprint density at radius 3 is 2.44 bits per heavy atom. The van der Waals surface area contributed by atoms with Crippen LogP contribution in [0.4, 0.5) is 10.1 Å². The summed E-state index contributed by atoms with van der Waals surface area (Å²) in [6, 6.07) is 4.82. The number of halogens is 1. The van der Waals surface area contributed by atoms with Gasteiger partial charge in [0.1, 0.15) is 17.8 Å². The molecule has 0 spiro atoms. The summed E-state index contributed by atoms with van der Waals surface area (Å²) in [6.45, 7) is 9.86. The molecule has 1 unspecified atom stereocenters. The van der Waals surface area contributed by atoms with Crippen LogP contribution in [0.1, 0.15) is 39.5 Å². The van der Waals surface area contributed by atoms with Crippen LogP contribution in [0.25, 0.3) is 0 Å². The zero-order valence-electron chi connectivity index (χ0n) is 19.5.